The topological polar surface area (TPSA) is 76.7 Å². The van der Waals surface area contributed by atoms with Gasteiger partial charge in [0.05, 0.1) is 5.56 Å². The number of aromatic carboxylic acids is 1. The van der Waals surface area contributed by atoms with E-state index >= 15 is 0 Å². The first-order chi connectivity index (χ1) is 9.88. The number of aryl methyl sites for hydroxylation is 1. The Labute approximate surface area is 120 Å². The van der Waals surface area contributed by atoms with Crippen molar-refractivity contribution in [1.29, 1.82) is 0 Å². The SMILES string of the molecule is CC(=O)c1ccc(OCc2cc(C(=O)O)c(C)o2)cc1F. The van der Waals surface area contributed by atoms with Gasteiger partial charge >= 0.3 is 5.97 Å². The van der Waals surface area contributed by atoms with Crippen molar-refractivity contribution in [3.05, 3.63) is 52.7 Å². The Morgan fingerprint density at radius 3 is 2.52 bits per heavy atom. The molecule has 5 nitrogen and oxygen atoms in total. The van der Waals surface area contributed by atoms with Crippen LogP contribution in [-0.2, 0) is 6.61 Å². The van der Waals surface area contributed by atoms with Crippen LogP contribution in [0.15, 0.2) is 28.7 Å². The molecule has 0 bridgehead atoms. The standard InChI is InChI=1S/C15H13FO5/c1-8(17)12-4-3-10(6-14(12)16)20-7-11-5-13(15(18)19)9(2)21-11/h3-6H,7H2,1-2H3,(H,18,19). The fourth-order valence-electron chi connectivity index (χ4n) is 1.85. The lowest BCUT2D eigenvalue weighted by Gasteiger charge is -2.05. The maximum atomic E-state index is 13.6. The molecule has 21 heavy (non-hydrogen) atoms. The molecule has 0 atom stereocenters. The van der Waals surface area contributed by atoms with Gasteiger partial charge in [-0.05, 0) is 32.0 Å². The van der Waals surface area contributed by atoms with E-state index < -0.39 is 11.8 Å². The minimum absolute atomic E-state index is 0.00986. The van der Waals surface area contributed by atoms with Gasteiger partial charge in [-0.2, -0.15) is 0 Å². The fourth-order valence-corrected chi connectivity index (χ4v) is 1.85. The number of rotatable bonds is 5. The Balaban J connectivity index is 2.10. The fraction of sp³-hybridized carbons (Fsp3) is 0.200. The quantitative estimate of drug-likeness (QED) is 0.856. The molecule has 1 aromatic carbocycles. The highest BCUT2D eigenvalue weighted by atomic mass is 19.1. The largest absolute Gasteiger partial charge is 0.486 e. The molecule has 0 saturated heterocycles. The molecule has 2 aromatic rings. The van der Waals surface area contributed by atoms with Crippen molar-refractivity contribution < 1.29 is 28.2 Å². The molecule has 0 fully saturated rings. The van der Waals surface area contributed by atoms with Gasteiger partial charge in [-0.1, -0.05) is 0 Å². The van der Waals surface area contributed by atoms with Crippen LogP contribution in [0.1, 0.15) is 39.2 Å². The molecule has 0 radical (unpaired) electrons. The lowest BCUT2D eigenvalue weighted by atomic mass is 10.1. The van der Waals surface area contributed by atoms with E-state index in [9.17, 15) is 14.0 Å². The summed E-state index contributed by atoms with van der Waals surface area (Å²) in [4.78, 5) is 22.0. The number of carboxylic acids is 1. The zero-order valence-electron chi connectivity index (χ0n) is 11.5. The minimum Gasteiger partial charge on any atom is -0.486 e. The van der Waals surface area contributed by atoms with Crippen LogP contribution in [0.4, 0.5) is 4.39 Å². The molecule has 1 heterocycles. The van der Waals surface area contributed by atoms with Gasteiger partial charge in [0.25, 0.3) is 0 Å². The number of hydrogen-bond donors (Lipinski definition) is 1. The Morgan fingerprint density at radius 1 is 1.29 bits per heavy atom. The number of ether oxygens (including phenoxy) is 1. The number of halogens is 1. The molecule has 6 heteroatoms. The average molecular weight is 292 g/mol. The number of carbonyl (C=O) groups is 2. The number of furan rings is 1. The van der Waals surface area contributed by atoms with Gasteiger partial charge in [-0.15, -0.1) is 0 Å². The molecule has 0 spiro atoms. The second-order valence-corrected chi connectivity index (χ2v) is 4.47. The molecule has 0 aliphatic rings. The number of Topliss-reactive ketones (excluding diaryl/α,β-unsaturated/α-hetero) is 1. The van der Waals surface area contributed by atoms with Gasteiger partial charge < -0.3 is 14.3 Å². The third-order valence-corrected chi connectivity index (χ3v) is 2.90. The maximum Gasteiger partial charge on any atom is 0.339 e. The van der Waals surface area contributed by atoms with Gasteiger partial charge in [0, 0.05) is 6.07 Å². The molecule has 0 aliphatic carbocycles. The normalized spacial score (nSPS) is 10.4. The third kappa shape index (κ3) is 3.28. The van der Waals surface area contributed by atoms with E-state index in [2.05, 4.69) is 0 Å². The first-order valence-corrected chi connectivity index (χ1v) is 6.14. The van der Waals surface area contributed by atoms with Crippen LogP contribution >= 0.6 is 0 Å². The lowest BCUT2D eigenvalue weighted by molar-refractivity contribution is 0.0694. The minimum atomic E-state index is -1.08. The average Bonchev–Trinajstić information content (AvgIpc) is 2.77. The van der Waals surface area contributed by atoms with E-state index in [1.54, 1.807) is 0 Å². The van der Waals surface area contributed by atoms with Crippen LogP contribution in [0.3, 0.4) is 0 Å². The summed E-state index contributed by atoms with van der Waals surface area (Å²) >= 11 is 0. The van der Waals surface area contributed by atoms with Crippen LogP contribution in [0.25, 0.3) is 0 Å². The zero-order chi connectivity index (χ0) is 15.6. The van der Waals surface area contributed by atoms with Gasteiger partial charge in [0.2, 0.25) is 0 Å². The summed E-state index contributed by atoms with van der Waals surface area (Å²) in [7, 11) is 0. The maximum absolute atomic E-state index is 13.6. The van der Waals surface area contributed by atoms with Gasteiger partial charge in [0.1, 0.15) is 35.3 Å². The molecule has 0 amide bonds. The molecule has 0 saturated carbocycles. The van der Waals surface area contributed by atoms with Crippen LogP contribution < -0.4 is 4.74 Å². The van der Waals surface area contributed by atoms with Crippen molar-refractivity contribution in [2.45, 2.75) is 20.5 Å². The number of benzene rings is 1. The van der Waals surface area contributed by atoms with Crippen LogP contribution in [0.5, 0.6) is 5.75 Å². The van der Waals surface area contributed by atoms with Crippen molar-refractivity contribution in [2.24, 2.45) is 0 Å². The zero-order valence-corrected chi connectivity index (χ0v) is 11.5. The third-order valence-electron chi connectivity index (χ3n) is 2.90. The summed E-state index contributed by atoms with van der Waals surface area (Å²) in [6, 6.07) is 5.26. The molecular formula is C15H13FO5. The summed E-state index contributed by atoms with van der Waals surface area (Å²) < 4.78 is 24.2. The first-order valence-electron chi connectivity index (χ1n) is 6.14. The Bertz CT molecular complexity index is 702. The van der Waals surface area contributed by atoms with Crippen molar-refractivity contribution in [3.8, 4) is 5.75 Å². The molecule has 0 unspecified atom stereocenters. The number of ketones is 1. The summed E-state index contributed by atoms with van der Waals surface area (Å²) in [6.45, 7) is 2.78. The van der Waals surface area contributed by atoms with Crippen molar-refractivity contribution >= 4 is 11.8 Å². The van der Waals surface area contributed by atoms with Gasteiger partial charge in [-0.25, -0.2) is 9.18 Å². The van der Waals surface area contributed by atoms with E-state index in [4.69, 9.17) is 14.3 Å². The Kier molecular flexibility index (Phi) is 4.07. The van der Waals surface area contributed by atoms with Crippen LogP contribution in [0.2, 0.25) is 0 Å². The van der Waals surface area contributed by atoms with Crippen molar-refractivity contribution in [2.75, 3.05) is 0 Å². The van der Waals surface area contributed by atoms with Crippen LogP contribution in [-0.4, -0.2) is 16.9 Å². The predicted octanol–water partition coefficient (Wildman–Crippen LogP) is 3.21. The van der Waals surface area contributed by atoms with Crippen molar-refractivity contribution in [1.82, 2.24) is 0 Å². The summed E-state index contributed by atoms with van der Waals surface area (Å²) in [5.41, 5.74) is 0.0519. The second kappa shape index (κ2) is 5.78. The highest BCUT2D eigenvalue weighted by Gasteiger charge is 2.14. The van der Waals surface area contributed by atoms with Gasteiger partial charge in [0.15, 0.2) is 5.78 Å². The molecule has 1 N–H and O–H groups in total. The molecule has 1 aromatic heterocycles. The molecule has 110 valence electrons. The molecule has 2 rings (SSSR count). The van der Waals surface area contributed by atoms with E-state index in [0.29, 0.717) is 5.76 Å². The van der Waals surface area contributed by atoms with E-state index in [0.717, 1.165) is 6.07 Å². The predicted molar refractivity (Wildman–Crippen MR) is 71.1 cm³/mol. The number of carbonyl (C=O) groups excluding carboxylic acids is 1. The van der Waals surface area contributed by atoms with Gasteiger partial charge in [-0.3, -0.25) is 4.79 Å². The highest BCUT2D eigenvalue weighted by Crippen LogP contribution is 2.20. The monoisotopic (exact) mass is 292 g/mol. The number of carboxylic acid groups (broad SMARTS) is 1. The molecular weight excluding hydrogens is 279 g/mol. The summed E-state index contributed by atoms with van der Waals surface area (Å²) in [5, 5.41) is 8.90. The second-order valence-electron chi connectivity index (χ2n) is 4.47. The Morgan fingerprint density at radius 2 is 2.00 bits per heavy atom. The van der Waals surface area contributed by atoms with E-state index in [1.807, 2.05) is 0 Å². The smallest absolute Gasteiger partial charge is 0.339 e. The Hall–Kier alpha value is -2.63. The van der Waals surface area contributed by atoms with E-state index in [-0.39, 0.29) is 35.0 Å². The summed E-state index contributed by atoms with van der Waals surface area (Å²) in [6.07, 6.45) is 0. The van der Waals surface area contributed by atoms with E-state index in [1.165, 1.54) is 32.0 Å². The van der Waals surface area contributed by atoms with Crippen LogP contribution in [0, 0.1) is 12.7 Å². The molecule has 0 aliphatic heterocycles. The first kappa shape index (κ1) is 14.8. The highest BCUT2D eigenvalue weighted by molar-refractivity contribution is 5.94. The summed E-state index contributed by atoms with van der Waals surface area (Å²) in [5.74, 6) is -1.29. The lowest BCUT2D eigenvalue weighted by Crippen LogP contribution is -1.99. The number of hydrogen-bond acceptors (Lipinski definition) is 4. The van der Waals surface area contributed by atoms with Crippen molar-refractivity contribution in [3.63, 3.8) is 0 Å².